The van der Waals surface area contributed by atoms with Gasteiger partial charge in [-0.05, 0) is 25.2 Å². The van der Waals surface area contributed by atoms with Gasteiger partial charge in [0.1, 0.15) is 36.6 Å². The van der Waals surface area contributed by atoms with Crippen molar-refractivity contribution < 1.29 is 54.4 Å². The third kappa shape index (κ3) is 8.12. The maximum atomic E-state index is 12.6. The molecule has 0 aromatic carbocycles. The van der Waals surface area contributed by atoms with Crippen LogP contribution in [0.2, 0.25) is 0 Å². The number of nitrogens with one attached hydrogen (secondary N) is 1. The normalized spacial score (nSPS) is 43.4. The lowest BCUT2D eigenvalue weighted by Crippen LogP contribution is -2.66. The molecule has 16 heteroatoms. The number of hydrogen-bond donors (Lipinski definition) is 11. The fourth-order valence-corrected chi connectivity index (χ4v) is 5.47. The summed E-state index contributed by atoms with van der Waals surface area (Å²) in [6.07, 6.45) is -10.8. The third-order valence-corrected chi connectivity index (χ3v) is 7.87. The minimum Gasteiger partial charge on any atom is -0.395 e. The minimum absolute atomic E-state index is 0.0228. The largest absolute Gasteiger partial charge is 0.395 e. The van der Waals surface area contributed by atoms with Crippen molar-refractivity contribution in [3.63, 3.8) is 0 Å². The molecule has 1 unspecified atom stereocenters. The minimum atomic E-state index is -1.53. The van der Waals surface area contributed by atoms with Crippen LogP contribution in [0.25, 0.3) is 0 Å². The van der Waals surface area contributed by atoms with Gasteiger partial charge in [0.2, 0.25) is 0 Å². The number of nitrogens with two attached hydrogens (primary N) is 4. The summed E-state index contributed by atoms with van der Waals surface area (Å²) in [5, 5.41) is 63.9. The molecule has 234 valence electrons. The van der Waals surface area contributed by atoms with Gasteiger partial charge in [0, 0.05) is 32.1 Å². The van der Waals surface area contributed by atoms with E-state index in [-0.39, 0.29) is 32.1 Å². The monoisotopic (exact) mass is 581 g/mol. The SMILES string of the molecule is NC[C@H](O)C(=O)C[C@@H]1C[C@H](N)C(O[C@H]2O[C@H](CNCCO)CC[C@H]2N)[C@H](O)[C@H]1O[C@H]1O[C@H](CO)[C@@H](O)[C@H](N)[C@H]1O. The fourth-order valence-electron chi connectivity index (χ4n) is 5.47. The van der Waals surface area contributed by atoms with Gasteiger partial charge < -0.3 is 77.8 Å². The van der Waals surface area contributed by atoms with Crippen molar-refractivity contribution >= 4 is 5.78 Å². The summed E-state index contributed by atoms with van der Waals surface area (Å²) in [6.45, 7) is -0.0699. The molecule has 40 heavy (non-hydrogen) atoms. The van der Waals surface area contributed by atoms with E-state index in [9.17, 15) is 30.3 Å². The highest BCUT2D eigenvalue weighted by atomic mass is 16.7. The molecular weight excluding hydrogens is 534 g/mol. The number of aliphatic hydroxyl groups excluding tert-OH is 6. The summed E-state index contributed by atoms with van der Waals surface area (Å²) in [6, 6.07) is -2.53. The molecule has 0 spiro atoms. The van der Waals surface area contributed by atoms with E-state index in [1.54, 1.807) is 0 Å². The molecule has 0 aromatic rings. The summed E-state index contributed by atoms with van der Waals surface area (Å²) in [5.41, 5.74) is 24.0. The van der Waals surface area contributed by atoms with Crippen LogP contribution in [0.1, 0.15) is 25.7 Å². The smallest absolute Gasteiger partial charge is 0.186 e. The number of carbonyl (C=O) groups is 1. The highest BCUT2D eigenvalue weighted by molar-refractivity contribution is 5.83. The molecule has 15 N–H and O–H groups in total. The molecular formula is C24H47N5O11. The first-order valence-electron chi connectivity index (χ1n) is 13.8. The number of carbonyl (C=O) groups excluding carboxylic acids is 1. The van der Waals surface area contributed by atoms with E-state index >= 15 is 0 Å². The Morgan fingerprint density at radius 3 is 2.30 bits per heavy atom. The van der Waals surface area contributed by atoms with Crippen LogP contribution in [0.4, 0.5) is 0 Å². The number of aliphatic hydroxyl groups is 6. The quantitative estimate of drug-likeness (QED) is 0.0902. The van der Waals surface area contributed by atoms with Gasteiger partial charge in [-0.3, -0.25) is 4.79 Å². The van der Waals surface area contributed by atoms with Gasteiger partial charge in [-0.15, -0.1) is 0 Å². The summed E-state index contributed by atoms with van der Waals surface area (Å²) in [4.78, 5) is 12.6. The molecule has 1 saturated carbocycles. The van der Waals surface area contributed by atoms with Gasteiger partial charge in [-0.25, -0.2) is 0 Å². The van der Waals surface area contributed by atoms with Crippen LogP contribution in [0.5, 0.6) is 0 Å². The van der Waals surface area contributed by atoms with E-state index in [2.05, 4.69) is 5.32 Å². The topological polar surface area (TPSA) is 291 Å². The molecule has 0 amide bonds. The molecule has 16 nitrogen and oxygen atoms in total. The van der Waals surface area contributed by atoms with E-state index in [1.165, 1.54) is 0 Å². The Bertz CT molecular complexity index is 785. The van der Waals surface area contributed by atoms with E-state index in [0.717, 1.165) is 0 Å². The number of Topliss-reactive ketones (excluding diaryl/α,β-unsaturated/α-hetero) is 1. The summed E-state index contributed by atoms with van der Waals surface area (Å²) >= 11 is 0. The van der Waals surface area contributed by atoms with Crippen molar-refractivity contribution in [2.24, 2.45) is 28.9 Å². The molecule has 1 aliphatic carbocycles. The van der Waals surface area contributed by atoms with Crippen molar-refractivity contribution in [3.05, 3.63) is 0 Å². The van der Waals surface area contributed by atoms with Gasteiger partial charge in [0.15, 0.2) is 18.4 Å². The second kappa shape index (κ2) is 15.5. The Morgan fingerprint density at radius 1 is 0.950 bits per heavy atom. The van der Waals surface area contributed by atoms with Crippen molar-refractivity contribution in [3.8, 4) is 0 Å². The van der Waals surface area contributed by atoms with Crippen molar-refractivity contribution in [2.45, 2.75) is 105 Å². The second-order valence-electron chi connectivity index (χ2n) is 10.9. The molecule has 14 atom stereocenters. The average molecular weight is 582 g/mol. The van der Waals surface area contributed by atoms with Crippen LogP contribution in [0.3, 0.4) is 0 Å². The Kier molecular flexibility index (Phi) is 13.0. The summed E-state index contributed by atoms with van der Waals surface area (Å²) in [5.74, 6) is -1.33. The van der Waals surface area contributed by atoms with Crippen LogP contribution in [-0.4, -0.2) is 149 Å². The Labute approximate surface area is 232 Å². The lowest BCUT2D eigenvalue weighted by Gasteiger charge is -2.48. The van der Waals surface area contributed by atoms with Gasteiger partial charge in [0.05, 0.1) is 37.5 Å². The van der Waals surface area contributed by atoms with Gasteiger partial charge >= 0.3 is 0 Å². The van der Waals surface area contributed by atoms with Crippen LogP contribution in [0, 0.1) is 5.92 Å². The number of ketones is 1. The maximum Gasteiger partial charge on any atom is 0.186 e. The van der Waals surface area contributed by atoms with E-state index in [1.807, 2.05) is 0 Å². The Hall–Kier alpha value is -0.930. The van der Waals surface area contributed by atoms with Crippen molar-refractivity contribution in [2.75, 3.05) is 32.8 Å². The summed E-state index contributed by atoms with van der Waals surface area (Å²) in [7, 11) is 0. The molecule has 0 aromatic heterocycles. The standard InChI is InChI=1S/C24H47N5O11/c25-7-15(33)14(32)6-10-5-13(27)22(40-23-12(26)2-1-11(37-23)8-29-3-4-30)20(36)21(10)39-24-19(35)17(28)18(34)16(9-31)38-24/h10-13,15-24,29-31,33-36H,1-9,25-28H2/t10-,11-,12+,13-,15-,16+,17-,18+,19+,20+,21-,22?,23+,24+/m0/s1. The van der Waals surface area contributed by atoms with Gasteiger partial charge in [-0.2, -0.15) is 0 Å². The van der Waals surface area contributed by atoms with Crippen LogP contribution in [-0.2, 0) is 23.7 Å². The van der Waals surface area contributed by atoms with E-state index in [0.29, 0.717) is 25.9 Å². The first-order valence-corrected chi connectivity index (χ1v) is 13.8. The number of rotatable bonds is 13. The predicted molar refractivity (Wildman–Crippen MR) is 138 cm³/mol. The van der Waals surface area contributed by atoms with Crippen LogP contribution < -0.4 is 28.3 Å². The fraction of sp³-hybridized carbons (Fsp3) is 0.958. The number of ether oxygens (including phenoxy) is 4. The average Bonchev–Trinajstić information content (AvgIpc) is 2.94. The Morgan fingerprint density at radius 2 is 1.65 bits per heavy atom. The first kappa shape index (κ1) is 33.6. The zero-order valence-corrected chi connectivity index (χ0v) is 22.5. The molecule has 0 radical (unpaired) electrons. The van der Waals surface area contributed by atoms with Gasteiger partial charge in [0.25, 0.3) is 0 Å². The predicted octanol–water partition coefficient (Wildman–Crippen LogP) is -6.08. The van der Waals surface area contributed by atoms with Gasteiger partial charge in [-0.1, -0.05) is 0 Å². The highest BCUT2D eigenvalue weighted by Gasteiger charge is 2.51. The third-order valence-electron chi connectivity index (χ3n) is 7.87. The zero-order chi connectivity index (χ0) is 29.6. The molecule has 2 aliphatic heterocycles. The molecule has 2 heterocycles. The molecule has 3 aliphatic rings. The van der Waals surface area contributed by atoms with E-state index < -0.39 is 91.7 Å². The number of hydrogen-bond acceptors (Lipinski definition) is 16. The highest BCUT2D eigenvalue weighted by Crippen LogP contribution is 2.36. The lowest BCUT2D eigenvalue weighted by atomic mass is 9.76. The molecule has 0 bridgehead atoms. The first-order chi connectivity index (χ1) is 19.0. The Balaban J connectivity index is 1.78. The summed E-state index contributed by atoms with van der Waals surface area (Å²) < 4.78 is 23.6. The van der Waals surface area contributed by atoms with Crippen molar-refractivity contribution in [1.82, 2.24) is 5.32 Å². The second-order valence-corrected chi connectivity index (χ2v) is 10.9. The van der Waals surface area contributed by atoms with Crippen molar-refractivity contribution in [1.29, 1.82) is 0 Å². The van der Waals surface area contributed by atoms with Crippen LogP contribution in [0.15, 0.2) is 0 Å². The van der Waals surface area contributed by atoms with Crippen LogP contribution >= 0.6 is 0 Å². The molecule has 2 saturated heterocycles. The maximum absolute atomic E-state index is 12.6. The zero-order valence-electron chi connectivity index (χ0n) is 22.5. The van der Waals surface area contributed by atoms with E-state index in [4.69, 9.17) is 47.0 Å². The molecule has 3 rings (SSSR count). The lowest BCUT2D eigenvalue weighted by molar-refractivity contribution is -0.318. The molecule has 3 fully saturated rings.